The Bertz CT molecular complexity index is 110. The molecule has 0 saturated heterocycles. The van der Waals surface area contributed by atoms with Gasteiger partial charge in [0, 0.05) is 0 Å². The monoisotopic (exact) mass is 258 g/mol. The minimum atomic E-state index is -0.902. The van der Waals surface area contributed by atoms with Crippen LogP contribution in [-0.2, 0) is 4.79 Å². The molecule has 0 aromatic heterocycles. The van der Waals surface area contributed by atoms with Gasteiger partial charge in [0.25, 0.3) is 5.91 Å². The van der Waals surface area contributed by atoms with E-state index in [0.717, 1.165) is 0 Å². The normalized spacial score (nSPS) is 12.7. The van der Waals surface area contributed by atoms with Gasteiger partial charge in [-0.2, -0.15) is 0 Å². The molecule has 1 amide bonds. The van der Waals surface area contributed by atoms with Gasteiger partial charge in [0.15, 0.2) is 0 Å². The van der Waals surface area contributed by atoms with Crippen molar-refractivity contribution in [2.75, 3.05) is 6.54 Å². The number of hydrogen-bond donors (Lipinski definition) is 3. The van der Waals surface area contributed by atoms with Crippen molar-refractivity contribution in [3.63, 3.8) is 0 Å². The number of aliphatic hydroxyl groups is 1. The van der Waals surface area contributed by atoms with Crippen LogP contribution in [0.4, 0.5) is 0 Å². The molecule has 1 atom stereocenters. The van der Waals surface area contributed by atoms with E-state index in [-0.39, 0.29) is 5.91 Å². The maximum absolute atomic E-state index is 10.6. The number of carbonyl (C=O) groups excluding carboxylic acids is 1. The van der Waals surface area contributed by atoms with E-state index >= 15 is 0 Å². The molecule has 4 N–H and O–H groups in total. The van der Waals surface area contributed by atoms with Gasteiger partial charge in [0.05, 0.1) is 22.9 Å². The lowest BCUT2D eigenvalue weighted by atomic mass is 10.2. The van der Waals surface area contributed by atoms with E-state index in [4.69, 9.17) is 10.8 Å². The molecule has 0 rings (SSSR count). The second-order valence-corrected chi connectivity index (χ2v) is 2.44. The lowest BCUT2D eigenvalue weighted by molar-refractivity contribution is -0.127. The zero-order valence-corrected chi connectivity index (χ0v) is 7.67. The highest BCUT2D eigenvalue weighted by Crippen LogP contribution is 1.95. The number of hydrogen-bond acceptors (Lipinski definition) is 3. The minimum absolute atomic E-state index is 0.353. The summed E-state index contributed by atoms with van der Waals surface area (Å²) in [5.41, 5.74) is 5.17. The summed E-state index contributed by atoms with van der Waals surface area (Å²) in [6, 6.07) is 0. The molecule has 0 aliphatic rings. The molecule has 0 aliphatic heterocycles. The second-order valence-electron chi connectivity index (χ2n) is 1.91. The fourth-order valence-electron chi connectivity index (χ4n) is 0.505. The predicted octanol–water partition coefficient (Wildman–Crippen LogP) is -0.448. The van der Waals surface area contributed by atoms with Crippen LogP contribution in [0.5, 0.6) is 0 Å². The van der Waals surface area contributed by atoms with Gasteiger partial charge in [-0.15, -0.1) is 0 Å². The van der Waals surface area contributed by atoms with Crippen molar-refractivity contribution in [1.82, 2.24) is 3.53 Å². The third kappa shape index (κ3) is 4.02. The van der Waals surface area contributed by atoms with Gasteiger partial charge in [-0.25, -0.2) is 0 Å². The molecule has 0 heterocycles. The second kappa shape index (κ2) is 5.87. The highest BCUT2D eigenvalue weighted by atomic mass is 127. The Morgan fingerprint density at radius 1 is 1.80 bits per heavy atom. The highest BCUT2D eigenvalue weighted by molar-refractivity contribution is 14.1. The topological polar surface area (TPSA) is 75.3 Å². The SMILES string of the molecule is NCCCC(O)C(=O)NI. The van der Waals surface area contributed by atoms with Crippen LogP contribution in [0.1, 0.15) is 12.8 Å². The molecule has 1 unspecified atom stereocenters. The number of nitrogens with two attached hydrogens (primary N) is 1. The average molecular weight is 258 g/mol. The van der Waals surface area contributed by atoms with Crippen LogP contribution in [0.2, 0.25) is 0 Å². The van der Waals surface area contributed by atoms with Gasteiger partial charge in [-0.1, -0.05) is 0 Å². The molecule has 0 aromatic rings. The van der Waals surface area contributed by atoms with Gasteiger partial charge >= 0.3 is 0 Å². The molecule has 0 fully saturated rings. The Morgan fingerprint density at radius 3 is 2.80 bits per heavy atom. The molecule has 10 heavy (non-hydrogen) atoms. The van der Waals surface area contributed by atoms with Crippen LogP contribution in [-0.4, -0.2) is 23.7 Å². The van der Waals surface area contributed by atoms with Crippen molar-refractivity contribution >= 4 is 28.8 Å². The molecule has 0 bridgehead atoms. The quantitative estimate of drug-likeness (QED) is 0.472. The van der Waals surface area contributed by atoms with Gasteiger partial charge < -0.3 is 10.8 Å². The molecule has 0 saturated carbocycles. The predicted molar refractivity (Wildman–Crippen MR) is 46.5 cm³/mol. The van der Waals surface area contributed by atoms with E-state index in [1.165, 1.54) is 0 Å². The standard InChI is InChI=1S/C5H11IN2O2/c6-8-5(10)4(9)2-1-3-7/h4,9H,1-3,7H2,(H,8,10). The van der Waals surface area contributed by atoms with E-state index in [1.807, 2.05) is 0 Å². The molecule has 0 aliphatic carbocycles. The molecule has 5 heteroatoms. The Morgan fingerprint density at radius 2 is 2.40 bits per heavy atom. The van der Waals surface area contributed by atoms with Gasteiger partial charge in [-0.05, 0) is 19.4 Å². The number of nitrogens with one attached hydrogen (secondary N) is 1. The largest absolute Gasteiger partial charge is 0.383 e. The first kappa shape index (κ1) is 10.1. The first-order valence-electron chi connectivity index (χ1n) is 3.01. The van der Waals surface area contributed by atoms with Crippen LogP contribution in [0.25, 0.3) is 0 Å². The molecular weight excluding hydrogens is 247 g/mol. The third-order valence-corrected chi connectivity index (χ3v) is 1.61. The summed E-state index contributed by atoms with van der Waals surface area (Å²) in [6.45, 7) is 0.506. The summed E-state index contributed by atoms with van der Waals surface area (Å²) < 4.78 is 2.31. The minimum Gasteiger partial charge on any atom is -0.383 e. The first-order valence-corrected chi connectivity index (χ1v) is 4.09. The Labute approximate surface area is 73.7 Å². The van der Waals surface area contributed by atoms with Crippen LogP contribution >= 0.6 is 22.9 Å². The van der Waals surface area contributed by atoms with Crippen molar-refractivity contribution in [2.24, 2.45) is 5.73 Å². The first-order chi connectivity index (χ1) is 4.72. The molecule has 4 nitrogen and oxygen atoms in total. The van der Waals surface area contributed by atoms with E-state index < -0.39 is 6.10 Å². The zero-order chi connectivity index (χ0) is 7.98. The van der Waals surface area contributed by atoms with Crippen molar-refractivity contribution in [1.29, 1.82) is 0 Å². The number of aliphatic hydroxyl groups excluding tert-OH is 1. The number of halogens is 1. The number of rotatable bonds is 4. The van der Waals surface area contributed by atoms with E-state index in [0.29, 0.717) is 19.4 Å². The fourth-order valence-corrected chi connectivity index (χ4v) is 0.865. The van der Waals surface area contributed by atoms with Gasteiger partial charge in [0.2, 0.25) is 0 Å². The molecule has 0 aromatic carbocycles. The summed E-state index contributed by atoms with van der Waals surface area (Å²) in [5, 5.41) is 8.98. The van der Waals surface area contributed by atoms with Gasteiger partial charge in [0.1, 0.15) is 6.10 Å². The summed E-state index contributed by atoms with van der Waals surface area (Å²) >= 11 is 1.69. The molecule has 0 radical (unpaired) electrons. The van der Waals surface area contributed by atoms with Gasteiger partial charge in [-0.3, -0.25) is 8.32 Å². The van der Waals surface area contributed by atoms with Crippen LogP contribution in [0.15, 0.2) is 0 Å². The van der Waals surface area contributed by atoms with E-state index in [2.05, 4.69) is 3.53 Å². The summed E-state index contributed by atoms with van der Waals surface area (Å²) in [6.07, 6.45) is 0.205. The third-order valence-electron chi connectivity index (χ3n) is 1.08. The highest BCUT2D eigenvalue weighted by Gasteiger charge is 2.11. The Hall–Kier alpha value is 0.120. The summed E-state index contributed by atoms with van der Waals surface area (Å²) in [4.78, 5) is 10.6. The molecular formula is C5H11IN2O2. The zero-order valence-electron chi connectivity index (χ0n) is 5.51. The maximum Gasteiger partial charge on any atom is 0.257 e. The van der Waals surface area contributed by atoms with Crippen molar-refractivity contribution in [3.8, 4) is 0 Å². The summed E-state index contributed by atoms with van der Waals surface area (Å²) in [7, 11) is 0. The van der Waals surface area contributed by atoms with Crippen molar-refractivity contribution in [3.05, 3.63) is 0 Å². The molecule has 0 spiro atoms. The lowest BCUT2D eigenvalue weighted by Crippen LogP contribution is -2.28. The Kier molecular flexibility index (Phi) is 5.94. The lowest BCUT2D eigenvalue weighted by Gasteiger charge is -2.05. The van der Waals surface area contributed by atoms with Crippen molar-refractivity contribution in [2.45, 2.75) is 18.9 Å². The van der Waals surface area contributed by atoms with Crippen LogP contribution in [0, 0.1) is 0 Å². The average Bonchev–Trinajstić information content (AvgIpc) is 1.98. The van der Waals surface area contributed by atoms with Crippen molar-refractivity contribution < 1.29 is 9.90 Å². The Balaban J connectivity index is 3.41. The van der Waals surface area contributed by atoms with Crippen LogP contribution in [0.3, 0.4) is 0 Å². The summed E-state index contributed by atoms with van der Waals surface area (Å²) in [5.74, 6) is -0.353. The van der Waals surface area contributed by atoms with E-state index in [9.17, 15) is 4.79 Å². The smallest absolute Gasteiger partial charge is 0.257 e. The van der Waals surface area contributed by atoms with E-state index in [1.54, 1.807) is 22.9 Å². The van der Waals surface area contributed by atoms with Crippen LogP contribution < -0.4 is 9.26 Å². The molecule has 60 valence electrons. The maximum atomic E-state index is 10.6. The number of carbonyl (C=O) groups is 1. The fraction of sp³-hybridized carbons (Fsp3) is 0.800. The number of amides is 1.